The van der Waals surface area contributed by atoms with Gasteiger partial charge >= 0.3 is 0 Å². The van der Waals surface area contributed by atoms with Crippen LogP contribution in [-0.2, 0) is 0 Å². The Hall–Kier alpha value is -4.19. The fourth-order valence-electron chi connectivity index (χ4n) is 3.74. The lowest BCUT2D eigenvalue weighted by atomic mass is 10.0. The van der Waals surface area contributed by atoms with Crippen molar-refractivity contribution in [2.24, 2.45) is 0 Å². The Morgan fingerprint density at radius 3 is 2.53 bits per heavy atom. The van der Waals surface area contributed by atoms with Crippen LogP contribution < -0.4 is 10.1 Å². The molecule has 2 aromatic carbocycles. The monoisotopic (exact) mass is 421 g/mol. The van der Waals surface area contributed by atoms with E-state index in [1.54, 1.807) is 13.3 Å². The Morgan fingerprint density at radius 1 is 0.938 bits per heavy atom. The minimum absolute atomic E-state index is 0.0801. The molecule has 5 rings (SSSR count). The van der Waals surface area contributed by atoms with Gasteiger partial charge in [-0.15, -0.1) is 0 Å². The molecule has 3 heterocycles. The Morgan fingerprint density at radius 2 is 1.75 bits per heavy atom. The van der Waals surface area contributed by atoms with Crippen molar-refractivity contribution in [3.05, 3.63) is 90.8 Å². The molecule has 0 unspecified atom stereocenters. The minimum atomic E-state index is 0.0801. The Labute approximate surface area is 186 Å². The van der Waals surface area contributed by atoms with Gasteiger partial charge in [-0.05, 0) is 55.0 Å². The maximum atomic E-state index is 5.31. The van der Waals surface area contributed by atoms with Crippen LogP contribution in [0.5, 0.6) is 5.75 Å². The molecule has 2 N–H and O–H groups in total. The molecule has 0 saturated carbocycles. The van der Waals surface area contributed by atoms with Gasteiger partial charge in [0, 0.05) is 23.5 Å². The molecule has 0 spiro atoms. The second kappa shape index (κ2) is 8.51. The van der Waals surface area contributed by atoms with Gasteiger partial charge < -0.3 is 15.0 Å². The number of pyridine rings is 1. The van der Waals surface area contributed by atoms with Crippen LogP contribution in [0, 0.1) is 0 Å². The van der Waals surface area contributed by atoms with Gasteiger partial charge in [0.15, 0.2) is 0 Å². The maximum Gasteiger partial charge on any atom is 0.223 e. The standard InChI is InChI=1S/C26H23N5O/c1-17(18-6-4-3-5-7-18)29-26-28-15-12-22(31-26)21-16-24-23(13-14-27-24)30-25(21)19-8-10-20(32-2)11-9-19/h3-17,27H,1-2H3,(H,28,29,31)/t17-/m0/s1. The molecule has 32 heavy (non-hydrogen) atoms. The lowest BCUT2D eigenvalue weighted by Gasteiger charge is -2.15. The first-order valence-corrected chi connectivity index (χ1v) is 10.5. The van der Waals surface area contributed by atoms with E-state index < -0.39 is 0 Å². The lowest BCUT2D eigenvalue weighted by Crippen LogP contribution is -2.09. The van der Waals surface area contributed by atoms with Gasteiger partial charge in [0.25, 0.3) is 0 Å². The zero-order valence-electron chi connectivity index (χ0n) is 17.9. The number of nitrogens with one attached hydrogen (secondary N) is 2. The van der Waals surface area contributed by atoms with E-state index in [1.165, 1.54) is 5.56 Å². The molecule has 0 saturated heterocycles. The number of aromatic amines is 1. The minimum Gasteiger partial charge on any atom is -0.497 e. The molecular weight excluding hydrogens is 398 g/mol. The van der Waals surface area contributed by atoms with Gasteiger partial charge in [-0.2, -0.15) is 0 Å². The van der Waals surface area contributed by atoms with Crippen LogP contribution in [0.3, 0.4) is 0 Å². The second-order valence-corrected chi connectivity index (χ2v) is 7.57. The number of hydrogen-bond donors (Lipinski definition) is 2. The fraction of sp³-hybridized carbons (Fsp3) is 0.115. The summed E-state index contributed by atoms with van der Waals surface area (Å²) in [6, 6.07) is 24.2. The van der Waals surface area contributed by atoms with E-state index in [9.17, 15) is 0 Å². The van der Waals surface area contributed by atoms with Crippen LogP contribution in [0.15, 0.2) is 85.2 Å². The highest BCUT2D eigenvalue weighted by atomic mass is 16.5. The van der Waals surface area contributed by atoms with Crippen molar-refractivity contribution in [2.75, 3.05) is 12.4 Å². The van der Waals surface area contributed by atoms with Crippen LogP contribution in [-0.4, -0.2) is 27.0 Å². The number of ether oxygens (including phenoxy) is 1. The first-order chi connectivity index (χ1) is 15.7. The summed E-state index contributed by atoms with van der Waals surface area (Å²) in [5.41, 5.74) is 6.64. The van der Waals surface area contributed by atoms with E-state index in [0.29, 0.717) is 5.95 Å². The molecule has 6 heteroatoms. The smallest absolute Gasteiger partial charge is 0.223 e. The molecule has 0 bridgehead atoms. The average molecular weight is 422 g/mol. The number of hydrogen-bond acceptors (Lipinski definition) is 5. The highest BCUT2D eigenvalue weighted by molar-refractivity contribution is 5.89. The summed E-state index contributed by atoms with van der Waals surface area (Å²) in [5.74, 6) is 1.38. The van der Waals surface area contributed by atoms with Gasteiger partial charge in [-0.25, -0.2) is 15.0 Å². The number of aromatic nitrogens is 4. The van der Waals surface area contributed by atoms with Crippen molar-refractivity contribution in [1.29, 1.82) is 0 Å². The summed E-state index contributed by atoms with van der Waals surface area (Å²) >= 11 is 0. The van der Waals surface area contributed by atoms with E-state index in [1.807, 2.05) is 60.8 Å². The Balaban J connectivity index is 1.56. The highest BCUT2D eigenvalue weighted by Crippen LogP contribution is 2.33. The SMILES string of the molecule is COc1ccc(-c2nc3cc[nH]c3cc2-c2ccnc(N[C@@H](C)c3ccccc3)n2)cc1. The van der Waals surface area contributed by atoms with Gasteiger partial charge in [-0.1, -0.05) is 30.3 Å². The molecule has 0 aliphatic heterocycles. The van der Waals surface area contributed by atoms with E-state index in [0.717, 1.165) is 39.3 Å². The fourth-order valence-corrected chi connectivity index (χ4v) is 3.74. The van der Waals surface area contributed by atoms with E-state index >= 15 is 0 Å². The van der Waals surface area contributed by atoms with E-state index in [2.05, 4.69) is 40.4 Å². The molecule has 6 nitrogen and oxygen atoms in total. The van der Waals surface area contributed by atoms with E-state index in [-0.39, 0.29) is 6.04 Å². The molecule has 0 aliphatic carbocycles. The molecule has 0 amide bonds. The average Bonchev–Trinajstić information content (AvgIpc) is 3.32. The third-order valence-corrected chi connectivity index (χ3v) is 5.47. The topological polar surface area (TPSA) is 75.7 Å². The molecule has 5 aromatic rings. The predicted octanol–water partition coefficient (Wildman–Crippen LogP) is 5.87. The number of anilines is 1. The van der Waals surface area contributed by atoms with Crippen molar-refractivity contribution >= 4 is 17.0 Å². The van der Waals surface area contributed by atoms with Crippen LogP contribution in [0.4, 0.5) is 5.95 Å². The third-order valence-electron chi connectivity index (χ3n) is 5.47. The summed E-state index contributed by atoms with van der Waals surface area (Å²) in [4.78, 5) is 17.4. The summed E-state index contributed by atoms with van der Waals surface area (Å²) in [6.45, 7) is 2.10. The second-order valence-electron chi connectivity index (χ2n) is 7.57. The third kappa shape index (κ3) is 3.90. The maximum absolute atomic E-state index is 5.31. The van der Waals surface area contributed by atoms with E-state index in [4.69, 9.17) is 14.7 Å². The largest absolute Gasteiger partial charge is 0.497 e. The van der Waals surface area contributed by atoms with Crippen molar-refractivity contribution < 1.29 is 4.74 Å². The summed E-state index contributed by atoms with van der Waals surface area (Å²) in [7, 11) is 1.66. The zero-order chi connectivity index (χ0) is 21.9. The number of rotatable bonds is 6. The number of nitrogens with zero attached hydrogens (tertiary/aromatic N) is 3. The quantitative estimate of drug-likeness (QED) is 0.359. The first kappa shape index (κ1) is 19.8. The van der Waals surface area contributed by atoms with Crippen molar-refractivity contribution in [3.63, 3.8) is 0 Å². The molecule has 1 atom stereocenters. The molecular formula is C26H23N5O. The summed E-state index contributed by atoms with van der Waals surface area (Å²) in [6.07, 6.45) is 3.67. The highest BCUT2D eigenvalue weighted by Gasteiger charge is 2.15. The summed E-state index contributed by atoms with van der Waals surface area (Å²) < 4.78 is 5.31. The van der Waals surface area contributed by atoms with Crippen molar-refractivity contribution in [2.45, 2.75) is 13.0 Å². The Bertz CT molecular complexity index is 1350. The lowest BCUT2D eigenvalue weighted by molar-refractivity contribution is 0.415. The molecule has 0 aliphatic rings. The zero-order valence-corrected chi connectivity index (χ0v) is 17.9. The normalized spacial score (nSPS) is 11.9. The van der Waals surface area contributed by atoms with Gasteiger partial charge in [0.2, 0.25) is 5.95 Å². The van der Waals surface area contributed by atoms with Gasteiger partial charge in [0.05, 0.1) is 35.6 Å². The molecule has 0 radical (unpaired) electrons. The van der Waals surface area contributed by atoms with Gasteiger partial charge in [-0.3, -0.25) is 0 Å². The number of methoxy groups -OCH3 is 1. The number of H-pyrrole nitrogens is 1. The van der Waals surface area contributed by atoms with Crippen molar-refractivity contribution in [1.82, 2.24) is 19.9 Å². The van der Waals surface area contributed by atoms with Gasteiger partial charge in [0.1, 0.15) is 5.75 Å². The van der Waals surface area contributed by atoms with Crippen LogP contribution in [0.2, 0.25) is 0 Å². The summed E-state index contributed by atoms with van der Waals surface area (Å²) in [5, 5.41) is 3.41. The number of fused-ring (bicyclic) bond motifs is 1. The number of benzene rings is 2. The molecule has 3 aromatic heterocycles. The van der Waals surface area contributed by atoms with Crippen LogP contribution in [0.25, 0.3) is 33.5 Å². The molecule has 158 valence electrons. The van der Waals surface area contributed by atoms with Crippen molar-refractivity contribution in [3.8, 4) is 28.3 Å². The predicted molar refractivity (Wildman–Crippen MR) is 128 cm³/mol. The first-order valence-electron chi connectivity index (χ1n) is 10.5. The molecule has 0 fully saturated rings. The van der Waals surface area contributed by atoms with Crippen LogP contribution >= 0.6 is 0 Å². The Kier molecular flexibility index (Phi) is 5.25. The van der Waals surface area contributed by atoms with Crippen LogP contribution in [0.1, 0.15) is 18.5 Å².